The Morgan fingerprint density at radius 3 is 1.58 bits per heavy atom. The first-order valence-corrected chi connectivity index (χ1v) is 30.7. The van der Waals surface area contributed by atoms with Crippen LogP contribution in [0.1, 0.15) is 59.8 Å². The molecule has 0 radical (unpaired) electrons. The maximum Gasteiger partial charge on any atom is 0.321 e. The molecule has 2 N–H and O–H groups in total. The number of likely N-dealkylation sites (tertiary alicyclic amines) is 1. The summed E-state index contributed by atoms with van der Waals surface area (Å²) in [5, 5.41) is 0. The minimum absolute atomic E-state index is 0.0530. The molecule has 0 saturated carbocycles. The van der Waals surface area contributed by atoms with Crippen molar-refractivity contribution in [2.24, 2.45) is 29.4 Å². The van der Waals surface area contributed by atoms with Crippen molar-refractivity contribution in [3.05, 3.63) is 24.3 Å². The lowest BCUT2D eigenvalue weighted by Gasteiger charge is -2.32. The topological polar surface area (TPSA) is 125 Å². The summed E-state index contributed by atoms with van der Waals surface area (Å²) in [5.74, 6) is -0.772. The molecule has 2 rings (SSSR count). The Balaban J connectivity index is 0.000000751. The Kier molecular flexibility index (Phi) is 19.2. The fraction of sp³-hybridized carbons (Fsp3) is 0.771. The Bertz CT molecular complexity index is 1120. The summed E-state index contributed by atoms with van der Waals surface area (Å²) in [6.07, 6.45) is 3.15. The maximum absolute atomic E-state index is 12.6. The number of imide groups is 1. The van der Waals surface area contributed by atoms with E-state index in [4.69, 9.17) is 14.0 Å². The Morgan fingerprint density at radius 1 is 0.771 bits per heavy atom. The van der Waals surface area contributed by atoms with Crippen molar-refractivity contribution >= 4 is 57.0 Å². The molecule has 9 nitrogen and oxygen atoms in total. The van der Waals surface area contributed by atoms with Crippen LogP contribution in [-0.4, -0.2) is 75.0 Å². The summed E-state index contributed by atoms with van der Waals surface area (Å²) < 4.78 is 16.9. The summed E-state index contributed by atoms with van der Waals surface area (Å²) in [7, 11) is -6.14. The van der Waals surface area contributed by atoms with Gasteiger partial charge >= 0.3 is 11.9 Å². The van der Waals surface area contributed by atoms with Gasteiger partial charge in [0.25, 0.3) is 0 Å². The standard InChI is InChI=1S/C17H33NO3Si2.C10H14O3.C8H23NOSi2/c1-13(2)11-14(3)15-12-16(19)18(17(15)20)9-10-23(7,8)21-22(4,5)6;1-6(2)4-7(3)8-5-9(11)13-10(8)12;1-11(2,3)10-12(4,5)8-6-7-9/h13,15H,3,9-12H2,1-2,4-8H3;6,8H,3-5H2,1-2H3;6-9H2,1-5H3. The van der Waals surface area contributed by atoms with Gasteiger partial charge in [-0.1, -0.05) is 52.0 Å². The van der Waals surface area contributed by atoms with E-state index in [1.165, 1.54) is 10.9 Å². The van der Waals surface area contributed by atoms with E-state index < -0.39 is 51.1 Å². The fourth-order valence-electron chi connectivity index (χ4n) is 6.02. The fourth-order valence-corrected chi connectivity index (χ4v) is 21.9. The molecule has 2 saturated heterocycles. The van der Waals surface area contributed by atoms with Gasteiger partial charge in [0, 0.05) is 13.0 Å². The van der Waals surface area contributed by atoms with E-state index >= 15 is 0 Å². The average Bonchev–Trinajstić information content (AvgIpc) is 3.35. The van der Waals surface area contributed by atoms with Crippen molar-refractivity contribution in [2.45, 2.75) is 137 Å². The van der Waals surface area contributed by atoms with Gasteiger partial charge in [-0.05, 0) is 115 Å². The van der Waals surface area contributed by atoms with Crippen LogP contribution in [0.3, 0.4) is 0 Å². The highest BCUT2D eigenvalue weighted by molar-refractivity contribution is 6.84. The molecule has 2 unspecified atom stereocenters. The minimum Gasteiger partial charge on any atom is -0.456 e. The van der Waals surface area contributed by atoms with E-state index in [-0.39, 0.29) is 24.2 Å². The van der Waals surface area contributed by atoms with Crippen LogP contribution in [0.4, 0.5) is 0 Å². The van der Waals surface area contributed by atoms with Crippen molar-refractivity contribution in [1.29, 1.82) is 0 Å². The van der Waals surface area contributed by atoms with Gasteiger partial charge in [-0.3, -0.25) is 24.1 Å². The molecule has 48 heavy (non-hydrogen) atoms. The van der Waals surface area contributed by atoms with Crippen LogP contribution < -0.4 is 5.73 Å². The molecule has 2 amide bonds. The van der Waals surface area contributed by atoms with E-state index in [9.17, 15) is 19.2 Å². The molecule has 0 bridgehead atoms. The number of carbonyl (C=O) groups excluding carboxylic acids is 4. The van der Waals surface area contributed by atoms with E-state index in [1.807, 2.05) is 13.8 Å². The minimum atomic E-state index is -1.85. The van der Waals surface area contributed by atoms with Crippen molar-refractivity contribution < 1.29 is 32.1 Å². The average molecular weight is 743 g/mol. The van der Waals surface area contributed by atoms with E-state index in [0.717, 1.165) is 43.0 Å². The lowest BCUT2D eigenvalue weighted by atomic mass is 9.92. The molecule has 0 aromatic heterocycles. The first-order valence-electron chi connectivity index (χ1n) is 17.6. The summed E-state index contributed by atoms with van der Waals surface area (Å²) in [5.41, 5.74) is 7.19. The van der Waals surface area contributed by atoms with Crippen LogP contribution in [-0.2, 0) is 32.1 Å². The molecular formula is C35H70N2O7Si4. The quantitative estimate of drug-likeness (QED) is 0.0553. The number of amides is 2. The summed E-state index contributed by atoms with van der Waals surface area (Å²) in [4.78, 5) is 48.1. The van der Waals surface area contributed by atoms with Crippen LogP contribution >= 0.6 is 0 Å². The monoisotopic (exact) mass is 742 g/mol. The van der Waals surface area contributed by atoms with Gasteiger partial charge in [0.1, 0.15) is 0 Å². The van der Waals surface area contributed by atoms with Gasteiger partial charge in [-0.2, -0.15) is 0 Å². The Labute approximate surface area is 297 Å². The first-order chi connectivity index (χ1) is 21.6. The second kappa shape index (κ2) is 19.8. The normalized spacial score (nSPS) is 18.9. The predicted octanol–water partition coefficient (Wildman–Crippen LogP) is 8.09. The highest BCUT2D eigenvalue weighted by atomic mass is 28.4. The maximum atomic E-state index is 12.6. The van der Waals surface area contributed by atoms with Gasteiger partial charge in [0.2, 0.25) is 11.8 Å². The number of esters is 2. The zero-order valence-corrected chi connectivity index (χ0v) is 37.0. The molecular weight excluding hydrogens is 673 g/mol. The van der Waals surface area contributed by atoms with Gasteiger partial charge in [0.15, 0.2) is 33.3 Å². The molecule has 2 atom stereocenters. The van der Waals surface area contributed by atoms with Crippen molar-refractivity contribution in [3.63, 3.8) is 0 Å². The van der Waals surface area contributed by atoms with Gasteiger partial charge in [-0.15, -0.1) is 0 Å². The molecule has 0 spiro atoms. The van der Waals surface area contributed by atoms with Crippen LogP contribution in [0.15, 0.2) is 24.3 Å². The zero-order valence-electron chi connectivity index (χ0n) is 33.0. The largest absolute Gasteiger partial charge is 0.456 e. The second-order valence-corrected chi connectivity index (χ2v) is 35.4. The molecule has 2 fully saturated rings. The van der Waals surface area contributed by atoms with E-state index in [2.05, 4.69) is 97.2 Å². The van der Waals surface area contributed by atoms with Crippen molar-refractivity contribution in [3.8, 4) is 0 Å². The third-order valence-electron chi connectivity index (χ3n) is 7.53. The molecule has 0 aliphatic carbocycles. The molecule has 2 heterocycles. The molecule has 0 aromatic rings. The third-order valence-corrected chi connectivity index (χ3v) is 19.8. The Morgan fingerprint density at radius 2 is 1.21 bits per heavy atom. The summed E-state index contributed by atoms with van der Waals surface area (Å²) in [6.45, 7) is 39.7. The number of nitrogens with zero attached hydrogens (tertiary/aromatic N) is 1. The lowest BCUT2D eigenvalue weighted by Crippen LogP contribution is -2.45. The number of hydrogen-bond acceptors (Lipinski definition) is 8. The predicted molar refractivity (Wildman–Crippen MR) is 208 cm³/mol. The number of ether oxygens (including phenoxy) is 1. The molecule has 13 heteroatoms. The van der Waals surface area contributed by atoms with Crippen molar-refractivity contribution in [1.82, 2.24) is 4.90 Å². The van der Waals surface area contributed by atoms with Gasteiger partial charge < -0.3 is 18.7 Å². The van der Waals surface area contributed by atoms with Crippen LogP contribution in [0.5, 0.6) is 0 Å². The summed E-state index contributed by atoms with van der Waals surface area (Å²) in [6, 6.07) is 2.01. The van der Waals surface area contributed by atoms with Crippen LogP contribution in [0.25, 0.3) is 0 Å². The molecule has 2 aliphatic rings. The van der Waals surface area contributed by atoms with Gasteiger partial charge in [-0.25, -0.2) is 0 Å². The molecule has 2 aliphatic heterocycles. The Hall–Kier alpha value is -1.49. The summed E-state index contributed by atoms with van der Waals surface area (Å²) >= 11 is 0. The molecule has 278 valence electrons. The number of hydrogen-bond donors (Lipinski definition) is 1. The third kappa shape index (κ3) is 19.6. The number of cyclic esters (lactones) is 2. The van der Waals surface area contributed by atoms with Gasteiger partial charge in [0.05, 0.1) is 18.3 Å². The van der Waals surface area contributed by atoms with Crippen LogP contribution in [0, 0.1) is 23.7 Å². The first kappa shape index (κ1) is 46.5. The number of nitrogens with two attached hydrogens (primary N) is 1. The SMILES string of the molecule is C=C(CC(C)C)C1CC(=O)N(CC[Si](C)(C)O[Si](C)(C)C)C1=O.C=C(CC(C)C)C1CC(=O)OC1=O.C[Si](C)(C)O[Si](C)(C)CCCN. The lowest BCUT2D eigenvalue weighted by molar-refractivity contribution is -0.153. The van der Waals surface area contributed by atoms with Crippen LogP contribution in [0.2, 0.25) is 77.6 Å². The van der Waals surface area contributed by atoms with E-state index in [1.54, 1.807) is 0 Å². The smallest absolute Gasteiger partial charge is 0.321 e. The highest BCUT2D eigenvalue weighted by Gasteiger charge is 2.41. The second-order valence-electron chi connectivity index (χ2n) is 17.3. The van der Waals surface area contributed by atoms with Crippen molar-refractivity contribution in [2.75, 3.05) is 13.1 Å². The number of rotatable bonds is 16. The number of carbonyl (C=O) groups is 4. The van der Waals surface area contributed by atoms with E-state index in [0.29, 0.717) is 24.8 Å². The zero-order chi connectivity index (χ0) is 37.8. The molecule has 0 aromatic carbocycles. The highest BCUT2D eigenvalue weighted by Crippen LogP contribution is 2.31.